The second kappa shape index (κ2) is 14.9. The summed E-state index contributed by atoms with van der Waals surface area (Å²) in [6.07, 6.45) is 8.35. The Bertz CT molecular complexity index is 1850. The number of amides is 2. The molecule has 0 bridgehead atoms. The molecule has 250 valence electrons. The fourth-order valence-corrected chi connectivity index (χ4v) is 6.58. The van der Waals surface area contributed by atoms with Crippen LogP contribution in [0.25, 0.3) is 44.4 Å². The monoisotopic (exact) mass is 647 g/mol. The second-order valence-electron chi connectivity index (χ2n) is 13.0. The van der Waals surface area contributed by atoms with Crippen LogP contribution in [0.5, 0.6) is 0 Å². The first-order chi connectivity index (χ1) is 23.3. The molecular weight excluding hydrogens is 602 g/mol. The zero-order valence-corrected chi connectivity index (χ0v) is 28.2. The van der Waals surface area contributed by atoms with E-state index in [9.17, 15) is 9.59 Å². The summed E-state index contributed by atoms with van der Waals surface area (Å²) in [4.78, 5) is 41.0. The van der Waals surface area contributed by atoms with E-state index in [2.05, 4.69) is 105 Å². The Morgan fingerprint density at radius 2 is 1.48 bits per heavy atom. The maximum Gasteiger partial charge on any atom is 0.406 e. The van der Waals surface area contributed by atoms with Gasteiger partial charge in [0.2, 0.25) is 5.91 Å². The molecule has 10 heteroatoms. The Balaban J connectivity index is 0.000000615. The topological polar surface area (TPSA) is 128 Å². The molecule has 7 rings (SSSR count). The Hall–Kier alpha value is -4.96. The number of rotatable bonds is 7. The lowest BCUT2D eigenvalue weighted by atomic mass is 9.98. The molecule has 2 amide bonds. The lowest BCUT2D eigenvalue weighted by Gasteiger charge is -2.24. The van der Waals surface area contributed by atoms with Gasteiger partial charge in [0.15, 0.2) is 0 Å². The number of hydrogen-bond acceptors (Lipinski definition) is 6. The number of H-pyrrole nitrogens is 2. The van der Waals surface area contributed by atoms with E-state index in [4.69, 9.17) is 4.98 Å². The number of aromatic amines is 2. The molecule has 10 nitrogen and oxygen atoms in total. The molecular formula is C38H45N7O3. The molecule has 2 atom stereocenters. The van der Waals surface area contributed by atoms with Crippen molar-refractivity contribution in [3.05, 3.63) is 84.7 Å². The number of benzene rings is 3. The maximum atomic E-state index is 12.8. The largest absolute Gasteiger partial charge is 0.453 e. The molecule has 2 aliphatic rings. The lowest BCUT2D eigenvalue weighted by Crippen LogP contribution is -2.31. The van der Waals surface area contributed by atoms with Crippen LogP contribution in [-0.4, -0.2) is 64.1 Å². The highest BCUT2D eigenvalue weighted by molar-refractivity contribution is 5.90. The van der Waals surface area contributed by atoms with Crippen LogP contribution in [0.15, 0.2) is 73.1 Å². The van der Waals surface area contributed by atoms with Crippen molar-refractivity contribution in [1.29, 1.82) is 0 Å². The van der Waals surface area contributed by atoms with Gasteiger partial charge in [-0.2, -0.15) is 0 Å². The molecule has 0 spiro atoms. The summed E-state index contributed by atoms with van der Waals surface area (Å²) >= 11 is 0. The van der Waals surface area contributed by atoms with E-state index < -0.39 is 6.09 Å². The molecule has 0 saturated carbocycles. The van der Waals surface area contributed by atoms with E-state index in [-0.39, 0.29) is 11.9 Å². The minimum Gasteiger partial charge on any atom is -0.453 e. The molecule has 2 fully saturated rings. The number of likely N-dealkylation sites (tertiary alicyclic amines) is 1. The van der Waals surface area contributed by atoms with Crippen molar-refractivity contribution in [2.45, 2.75) is 58.0 Å². The molecule has 0 aliphatic carbocycles. The second-order valence-corrected chi connectivity index (χ2v) is 13.0. The van der Waals surface area contributed by atoms with Gasteiger partial charge in [0, 0.05) is 25.6 Å². The molecule has 0 radical (unpaired) electrons. The van der Waals surface area contributed by atoms with Gasteiger partial charge in [0.1, 0.15) is 11.6 Å². The summed E-state index contributed by atoms with van der Waals surface area (Å²) in [6.45, 7) is 6.07. The van der Waals surface area contributed by atoms with E-state index in [0.717, 1.165) is 66.5 Å². The average molecular weight is 648 g/mol. The van der Waals surface area contributed by atoms with Crippen molar-refractivity contribution in [3.63, 3.8) is 0 Å². The minimum absolute atomic E-state index is 0.0435. The van der Waals surface area contributed by atoms with Crippen LogP contribution in [0.2, 0.25) is 0 Å². The predicted octanol–water partition coefficient (Wildman–Crippen LogP) is 7.39. The van der Waals surface area contributed by atoms with Crippen LogP contribution in [-0.2, 0) is 9.53 Å². The van der Waals surface area contributed by atoms with Crippen LogP contribution in [0, 0.1) is 5.92 Å². The Kier molecular flexibility index (Phi) is 10.2. The first-order valence-corrected chi connectivity index (χ1v) is 16.9. The predicted molar refractivity (Wildman–Crippen MR) is 189 cm³/mol. The van der Waals surface area contributed by atoms with Crippen LogP contribution in [0.3, 0.4) is 0 Å². The fourth-order valence-electron chi connectivity index (χ4n) is 6.58. The molecule has 4 N–H and O–H groups in total. The third-order valence-corrected chi connectivity index (χ3v) is 9.12. The van der Waals surface area contributed by atoms with Crippen molar-refractivity contribution in [2.24, 2.45) is 5.92 Å². The average Bonchev–Trinajstić information content (AvgIpc) is 3.94. The van der Waals surface area contributed by atoms with Gasteiger partial charge in [0.25, 0.3) is 0 Å². The molecule has 3 aromatic carbocycles. The number of ether oxygens (including phenoxy) is 1. The number of aromatic nitrogens is 4. The lowest BCUT2D eigenvalue weighted by molar-refractivity contribution is -0.133. The number of imidazole rings is 2. The molecule has 0 unspecified atom stereocenters. The Morgan fingerprint density at radius 1 is 0.854 bits per heavy atom. The van der Waals surface area contributed by atoms with Crippen molar-refractivity contribution in [3.8, 4) is 33.6 Å². The van der Waals surface area contributed by atoms with Gasteiger partial charge >= 0.3 is 6.09 Å². The number of fused-ring (bicyclic) bond motifs is 1. The maximum absolute atomic E-state index is 12.8. The van der Waals surface area contributed by atoms with E-state index in [1.165, 1.54) is 42.5 Å². The van der Waals surface area contributed by atoms with E-state index in [1.54, 1.807) is 0 Å². The van der Waals surface area contributed by atoms with E-state index in [0.29, 0.717) is 18.4 Å². The standard InChI is InChI=1S/C35H38N6O.C3H7NO2/c1-22(2)17-33(42)41-16-4-6-32(41)35-38-20-30(40-35)24-9-7-23(8-10-24)25-11-12-27-19-28(14-13-26(27)18-25)31-21-37-34(39-31)29-5-3-15-36-29;1-4-3(5)6-2/h7-14,18-22,29,32,36H,3-6,15-17H2,1-2H3,(H,37,39)(H,38,40);1-2H3,(H,4,5)/t29-,32-;/m0./s1. The molecule has 2 saturated heterocycles. The molecule has 2 aromatic heterocycles. The molecule has 5 aromatic rings. The zero-order valence-electron chi connectivity index (χ0n) is 28.2. The van der Waals surface area contributed by atoms with Gasteiger partial charge in [0.05, 0.1) is 43.0 Å². The summed E-state index contributed by atoms with van der Waals surface area (Å²) in [5.41, 5.74) is 6.65. The molecule has 2 aliphatic heterocycles. The summed E-state index contributed by atoms with van der Waals surface area (Å²) < 4.78 is 4.15. The smallest absolute Gasteiger partial charge is 0.406 e. The number of nitrogens with one attached hydrogen (secondary N) is 4. The fraction of sp³-hybridized carbons (Fsp3) is 0.368. The van der Waals surface area contributed by atoms with Crippen molar-refractivity contribution < 1.29 is 14.3 Å². The SMILES string of the molecule is CC(C)CC(=O)N1CCC[C@H]1c1ncc(-c2ccc(-c3ccc4cc(-c5cnc([C@@H]6CCCN6)[nH]5)ccc4c3)cc2)[nH]1.CNC(=O)OC. The summed E-state index contributed by atoms with van der Waals surface area (Å²) in [5, 5.41) is 8.19. The first kappa shape index (κ1) is 33.0. The van der Waals surface area contributed by atoms with Crippen molar-refractivity contribution >= 4 is 22.8 Å². The number of hydrogen-bond donors (Lipinski definition) is 4. The summed E-state index contributed by atoms with van der Waals surface area (Å²) in [6, 6.07) is 22.3. The molecule has 4 heterocycles. The van der Waals surface area contributed by atoms with Crippen LogP contribution < -0.4 is 10.6 Å². The third-order valence-electron chi connectivity index (χ3n) is 9.12. The minimum atomic E-state index is -0.407. The van der Waals surface area contributed by atoms with Gasteiger partial charge in [-0.3, -0.25) is 4.79 Å². The summed E-state index contributed by atoms with van der Waals surface area (Å²) in [7, 11) is 2.82. The number of nitrogens with zero attached hydrogens (tertiary/aromatic N) is 3. The quantitative estimate of drug-likeness (QED) is 0.146. The zero-order chi connectivity index (χ0) is 33.6. The van der Waals surface area contributed by atoms with Crippen LogP contribution in [0.1, 0.15) is 69.7 Å². The Labute approximate surface area is 281 Å². The van der Waals surface area contributed by atoms with Crippen LogP contribution >= 0.6 is 0 Å². The van der Waals surface area contributed by atoms with Gasteiger partial charge in [-0.25, -0.2) is 14.8 Å². The van der Waals surface area contributed by atoms with Gasteiger partial charge < -0.3 is 30.2 Å². The number of alkyl carbamates (subject to hydrolysis) is 1. The van der Waals surface area contributed by atoms with Crippen molar-refractivity contribution in [2.75, 3.05) is 27.2 Å². The normalized spacial score (nSPS) is 17.4. The highest BCUT2D eigenvalue weighted by Gasteiger charge is 2.32. The van der Waals surface area contributed by atoms with Gasteiger partial charge in [-0.15, -0.1) is 0 Å². The number of carbonyl (C=O) groups excluding carboxylic acids is 2. The molecule has 48 heavy (non-hydrogen) atoms. The number of carbonyl (C=O) groups is 2. The highest BCUT2D eigenvalue weighted by Crippen LogP contribution is 2.34. The highest BCUT2D eigenvalue weighted by atomic mass is 16.5. The Morgan fingerprint density at radius 3 is 2.12 bits per heavy atom. The van der Waals surface area contributed by atoms with Crippen LogP contribution in [0.4, 0.5) is 4.79 Å². The first-order valence-electron chi connectivity index (χ1n) is 16.9. The van der Waals surface area contributed by atoms with Gasteiger partial charge in [-0.1, -0.05) is 62.4 Å². The number of methoxy groups -OCH3 is 1. The van der Waals surface area contributed by atoms with E-state index >= 15 is 0 Å². The van der Waals surface area contributed by atoms with E-state index in [1.807, 2.05) is 17.3 Å². The van der Waals surface area contributed by atoms with Crippen molar-refractivity contribution in [1.82, 2.24) is 35.5 Å². The van der Waals surface area contributed by atoms with Gasteiger partial charge in [-0.05, 0) is 77.7 Å². The third kappa shape index (κ3) is 7.44. The summed E-state index contributed by atoms with van der Waals surface area (Å²) in [5.74, 6) is 2.51.